The largest absolute Gasteiger partial charge is 0.481 e. The molecule has 220 valence electrons. The van der Waals surface area contributed by atoms with Gasteiger partial charge in [0, 0.05) is 73.4 Å². The standard InChI is InChI=1S/C32H29Cl2N5O4/c1-38-31(42)24(12-14-35-38)29(41)36-26-8-4-6-22(28(26)34)21-5-3-7-23(27(21)33)25-10-9-19(30(37-25)43-2)16-39-17-32(18-39)13-11-20(40)15-32/h3-10,12,14H,11,13,15-18H2,1-2H3,(H,36,41). The van der Waals surface area contributed by atoms with Gasteiger partial charge in [0.1, 0.15) is 11.3 Å². The zero-order chi connectivity index (χ0) is 30.3. The summed E-state index contributed by atoms with van der Waals surface area (Å²) in [5.41, 5.74) is 3.49. The van der Waals surface area contributed by atoms with Crippen LogP contribution in [0.4, 0.5) is 5.69 Å². The predicted octanol–water partition coefficient (Wildman–Crippen LogP) is 5.63. The van der Waals surface area contributed by atoms with E-state index < -0.39 is 11.5 Å². The van der Waals surface area contributed by atoms with Crippen molar-refractivity contribution in [1.29, 1.82) is 0 Å². The zero-order valence-electron chi connectivity index (χ0n) is 23.7. The number of anilines is 1. The Bertz CT molecular complexity index is 1820. The van der Waals surface area contributed by atoms with Gasteiger partial charge in [-0.2, -0.15) is 5.10 Å². The van der Waals surface area contributed by atoms with Gasteiger partial charge in [-0.25, -0.2) is 9.67 Å². The zero-order valence-corrected chi connectivity index (χ0v) is 25.2. The molecule has 1 spiro atoms. The van der Waals surface area contributed by atoms with Crippen molar-refractivity contribution in [1.82, 2.24) is 19.7 Å². The van der Waals surface area contributed by atoms with E-state index in [4.69, 9.17) is 32.9 Å². The minimum absolute atomic E-state index is 0.0512. The minimum Gasteiger partial charge on any atom is -0.481 e. The number of ether oxygens (including phenoxy) is 1. The van der Waals surface area contributed by atoms with E-state index in [1.54, 1.807) is 19.2 Å². The van der Waals surface area contributed by atoms with Gasteiger partial charge in [0.25, 0.3) is 11.5 Å². The summed E-state index contributed by atoms with van der Waals surface area (Å²) in [7, 11) is 3.07. The van der Waals surface area contributed by atoms with Crippen LogP contribution in [0.3, 0.4) is 0 Å². The highest BCUT2D eigenvalue weighted by atomic mass is 35.5. The number of carbonyl (C=O) groups excluding carboxylic acids is 2. The summed E-state index contributed by atoms with van der Waals surface area (Å²) in [6.45, 7) is 2.52. The fourth-order valence-electron chi connectivity index (χ4n) is 6.08. The van der Waals surface area contributed by atoms with Gasteiger partial charge in [-0.1, -0.05) is 59.6 Å². The Morgan fingerprint density at radius 2 is 1.72 bits per heavy atom. The Morgan fingerprint density at radius 3 is 2.44 bits per heavy atom. The van der Waals surface area contributed by atoms with Crippen LogP contribution < -0.4 is 15.6 Å². The van der Waals surface area contributed by atoms with Crippen LogP contribution in [0.15, 0.2) is 65.6 Å². The number of pyridine rings is 1. The maximum atomic E-state index is 12.9. The van der Waals surface area contributed by atoms with Crippen LogP contribution in [0, 0.1) is 5.41 Å². The number of Topliss-reactive ketones (excluding diaryl/α,β-unsaturated/α-hetero) is 1. The van der Waals surface area contributed by atoms with Crippen molar-refractivity contribution in [3.63, 3.8) is 0 Å². The van der Waals surface area contributed by atoms with E-state index in [2.05, 4.69) is 15.3 Å². The van der Waals surface area contributed by atoms with Crippen molar-refractivity contribution >= 4 is 40.6 Å². The Morgan fingerprint density at radius 1 is 1.00 bits per heavy atom. The van der Waals surface area contributed by atoms with Crippen molar-refractivity contribution in [2.75, 3.05) is 25.5 Å². The maximum Gasteiger partial charge on any atom is 0.279 e. The van der Waals surface area contributed by atoms with Crippen LogP contribution in [0.2, 0.25) is 10.0 Å². The third-order valence-electron chi connectivity index (χ3n) is 8.21. The van der Waals surface area contributed by atoms with E-state index >= 15 is 0 Å². The maximum absolute atomic E-state index is 12.9. The molecule has 1 amide bonds. The third kappa shape index (κ3) is 5.56. The number of rotatable bonds is 7. The normalized spacial score (nSPS) is 15.9. The molecule has 1 saturated heterocycles. The van der Waals surface area contributed by atoms with Gasteiger partial charge in [-0.05, 0) is 24.6 Å². The Balaban J connectivity index is 1.25. The molecule has 1 aliphatic carbocycles. The number of aromatic nitrogens is 3. The first-order chi connectivity index (χ1) is 20.7. The van der Waals surface area contributed by atoms with E-state index in [0.29, 0.717) is 64.1 Å². The predicted molar refractivity (Wildman–Crippen MR) is 166 cm³/mol. The average molecular weight is 619 g/mol. The molecule has 2 aliphatic rings. The first kappa shape index (κ1) is 29.0. The molecule has 6 rings (SSSR count). The molecular formula is C32H29Cl2N5O4. The number of amides is 1. The number of benzene rings is 2. The monoisotopic (exact) mass is 617 g/mol. The number of hydrogen-bond acceptors (Lipinski definition) is 7. The summed E-state index contributed by atoms with van der Waals surface area (Å²) in [6, 6.07) is 16.1. The van der Waals surface area contributed by atoms with Gasteiger partial charge < -0.3 is 10.1 Å². The summed E-state index contributed by atoms with van der Waals surface area (Å²) in [4.78, 5) is 44.1. The molecule has 4 aromatic rings. The fraction of sp³-hybridized carbons (Fsp3) is 0.281. The van der Waals surface area contributed by atoms with Gasteiger partial charge in [0.2, 0.25) is 5.88 Å². The first-order valence-corrected chi connectivity index (χ1v) is 14.6. The number of aryl methyl sites for hydroxylation is 1. The fourth-order valence-corrected chi connectivity index (χ4v) is 6.68. The smallest absolute Gasteiger partial charge is 0.279 e. The molecule has 43 heavy (non-hydrogen) atoms. The second kappa shape index (κ2) is 11.6. The molecule has 0 atom stereocenters. The molecule has 2 aromatic carbocycles. The lowest BCUT2D eigenvalue weighted by molar-refractivity contribution is -0.119. The van der Waals surface area contributed by atoms with E-state index in [-0.39, 0.29) is 16.0 Å². The number of halogens is 2. The summed E-state index contributed by atoms with van der Waals surface area (Å²) in [6.07, 6.45) is 3.76. The number of ketones is 1. The molecule has 2 aromatic heterocycles. The summed E-state index contributed by atoms with van der Waals surface area (Å²) in [5, 5.41) is 7.30. The summed E-state index contributed by atoms with van der Waals surface area (Å²) < 4.78 is 6.76. The molecule has 0 bridgehead atoms. The van der Waals surface area contributed by atoms with Gasteiger partial charge in [-0.15, -0.1) is 0 Å². The Hall–Kier alpha value is -4.05. The van der Waals surface area contributed by atoms with Gasteiger partial charge >= 0.3 is 0 Å². The van der Waals surface area contributed by atoms with Gasteiger partial charge in [-0.3, -0.25) is 19.3 Å². The molecule has 1 saturated carbocycles. The summed E-state index contributed by atoms with van der Waals surface area (Å²) >= 11 is 13.7. The molecule has 0 unspecified atom stereocenters. The molecule has 3 heterocycles. The van der Waals surface area contributed by atoms with Crippen molar-refractivity contribution < 1.29 is 14.3 Å². The topological polar surface area (TPSA) is 106 Å². The number of nitrogens with zero attached hydrogens (tertiary/aromatic N) is 4. The average Bonchev–Trinajstić information content (AvgIpc) is 3.37. The molecule has 2 fully saturated rings. The van der Waals surface area contributed by atoms with Crippen LogP contribution in [0.25, 0.3) is 22.4 Å². The quantitative estimate of drug-likeness (QED) is 0.286. The van der Waals surface area contributed by atoms with Gasteiger partial charge in [0.15, 0.2) is 0 Å². The van der Waals surface area contributed by atoms with Crippen LogP contribution in [0.1, 0.15) is 35.2 Å². The lowest BCUT2D eigenvalue weighted by atomic mass is 9.78. The second-order valence-corrected chi connectivity index (χ2v) is 11.9. The number of methoxy groups -OCH3 is 1. The van der Waals surface area contributed by atoms with E-state index in [9.17, 15) is 14.4 Å². The molecule has 11 heteroatoms. The minimum atomic E-state index is -0.594. The van der Waals surface area contributed by atoms with Crippen LogP contribution in [-0.2, 0) is 18.4 Å². The van der Waals surface area contributed by atoms with Crippen LogP contribution in [-0.4, -0.2) is 51.6 Å². The number of carbonyl (C=O) groups is 2. The molecule has 1 aliphatic heterocycles. The van der Waals surface area contributed by atoms with Crippen LogP contribution >= 0.6 is 23.2 Å². The number of hydrogen-bond donors (Lipinski definition) is 1. The van der Waals surface area contributed by atoms with E-state index in [1.165, 1.54) is 19.3 Å². The highest BCUT2D eigenvalue weighted by Crippen LogP contribution is 2.45. The third-order valence-corrected chi connectivity index (χ3v) is 9.03. The highest BCUT2D eigenvalue weighted by molar-refractivity contribution is 6.39. The Labute approximate surface area is 258 Å². The first-order valence-electron chi connectivity index (χ1n) is 13.9. The van der Waals surface area contributed by atoms with Crippen molar-refractivity contribution in [3.8, 4) is 28.3 Å². The van der Waals surface area contributed by atoms with Gasteiger partial charge in [0.05, 0.1) is 28.5 Å². The van der Waals surface area contributed by atoms with Crippen molar-refractivity contribution in [2.24, 2.45) is 12.5 Å². The highest BCUT2D eigenvalue weighted by Gasteiger charge is 2.47. The lowest BCUT2D eigenvalue weighted by Crippen LogP contribution is -2.54. The second-order valence-electron chi connectivity index (χ2n) is 11.2. The SMILES string of the molecule is COc1nc(-c2cccc(-c3cccc(NC(=O)c4ccnn(C)c4=O)c3Cl)c2Cl)ccc1CN1CC2(CCC(=O)C2)C1. The van der Waals surface area contributed by atoms with E-state index in [0.717, 1.165) is 29.8 Å². The summed E-state index contributed by atoms with van der Waals surface area (Å²) in [5.74, 6) is 0.299. The molecular weight excluding hydrogens is 589 g/mol. The molecule has 9 nitrogen and oxygen atoms in total. The number of nitrogens with one attached hydrogen (secondary N) is 1. The van der Waals surface area contributed by atoms with E-state index in [1.807, 2.05) is 36.4 Å². The van der Waals surface area contributed by atoms with Crippen LogP contribution in [0.5, 0.6) is 5.88 Å². The molecule has 1 N–H and O–H groups in total. The Kier molecular flexibility index (Phi) is 7.81. The number of likely N-dealkylation sites (tertiary alicyclic amines) is 1. The lowest BCUT2D eigenvalue weighted by Gasteiger charge is -2.48. The van der Waals surface area contributed by atoms with Crippen molar-refractivity contribution in [2.45, 2.75) is 25.8 Å². The van der Waals surface area contributed by atoms with Crippen molar-refractivity contribution in [3.05, 3.63) is 92.3 Å². The molecule has 0 radical (unpaired) electrons.